The number of nitrogens with two attached hydrogens (primary N) is 1. The van der Waals surface area contributed by atoms with Crippen LogP contribution in [0.15, 0.2) is 24.3 Å². The summed E-state index contributed by atoms with van der Waals surface area (Å²) < 4.78 is 0. The van der Waals surface area contributed by atoms with E-state index in [0.717, 1.165) is 30.5 Å². The van der Waals surface area contributed by atoms with Gasteiger partial charge in [-0.2, -0.15) is 0 Å². The molecule has 0 heterocycles. The van der Waals surface area contributed by atoms with E-state index in [-0.39, 0.29) is 44.3 Å². The summed E-state index contributed by atoms with van der Waals surface area (Å²) in [6, 6.07) is 6.51. The molecule has 3 amide bonds. The number of aliphatic carboxylic acids is 1. The Balaban J connectivity index is 2.56. The molecule has 10 nitrogen and oxygen atoms in total. The fourth-order valence-electron chi connectivity index (χ4n) is 3.20. The smallest absolute Gasteiger partial charge is 0.303 e. The summed E-state index contributed by atoms with van der Waals surface area (Å²) in [5, 5.41) is 19.8. The molecule has 33 heavy (non-hydrogen) atoms. The molecule has 0 saturated carbocycles. The molecule has 0 spiro atoms. The number of amides is 3. The second-order valence-corrected chi connectivity index (χ2v) is 8.05. The molecule has 1 rings (SSSR count). The molecule has 0 aliphatic heterocycles. The normalized spacial score (nSPS) is 12.3. The van der Waals surface area contributed by atoms with E-state index in [4.69, 9.17) is 10.8 Å². The molecule has 184 valence electrons. The molecular formula is C23H37N5O5. The van der Waals surface area contributed by atoms with Crippen molar-refractivity contribution in [3.8, 4) is 0 Å². The Morgan fingerprint density at radius 2 is 1.67 bits per heavy atom. The Hall–Kier alpha value is -3.14. The second kappa shape index (κ2) is 15.6. The highest BCUT2D eigenvalue weighted by atomic mass is 16.4. The van der Waals surface area contributed by atoms with Crippen LogP contribution in [0.2, 0.25) is 0 Å². The molecule has 0 aliphatic rings. The first kappa shape index (κ1) is 27.9. The molecule has 0 bridgehead atoms. The minimum absolute atomic E-state index is 0.0421. The average Bonchev–Trinajstić information content (AvgIpc) is 2.76. The molecule has 2 unspecified atom stereocenters. The van der Waals surface area contributed by atoms with Gasteiger partial charge in [0.25, 0.3) is 0 Å². The monoisotopic (exact) mass is 463 g/mol. The van der Waals surface area contributed by atoms with Gasteiger partial charge in [0.05, 0.1) is 13.1 Å². The van der Waals surface area contributed by atoms with Crippen molar-refractivity contribution >= 4 is 29.4 Å². The largest absolute Gasteiger partial charge is 0.481 e. The number of carboxylic acid groups (broad SMARTS) is 1. The number of para-hydroxylation sites is 1. The number of anilines is 1. The third-order valence-electron chi connectivity index (χ3n) is 5.04. The van der Waals surface area contributed by atoms with E-state index >= 15 is 0 Å². The van der Waals surface area contributed by atoms with Gasteiger partial charge in [0.1, 0.15) is 6.04 Å². The maximum Gasteiger partial charge on any atom is 0.303 e. The van der Waals surface area contributed by atoms with Crippen molar-refractivity contribution in [2.45, 2.75) is 64.5 Å². The predicted octanol–water partition coefficient (Wildman–Crippen LogP) is 0.897. The van der Waals surface area contributed by atoms with Crippen molar-refractivity contribution in [1.82, 2.24) is 16.0 Å². The zero-order valence-corrected chi connectivity index (χ0v) is 19.5. The number of hydrogen-bond acceptors (Lipinski definition) is 6. The summed E-state index contributed by atoms with van der Waals surface area (Å²) in [4.78, 5) is 47.9. The Bertz CT molecular complexity index is 786. The standard InChI is InChI=1S/C23H37N5O5/c1-16-8-3-4-10-18(16)25-14-21(30)28-19(11-7-12-22(31)32)23(33)26-15-20(29)27-17(2)9-5-6-13-24/h3-4,8,10,17,19,25H,5-7,9,11-15,24H2,1-2H3,(H,26,33)(H,27,29)(H,28,30)(H,31,32). The number of carboxylic acids is 1. The van der Waals surface area contributed by atoms with Crippen LogP contribution in [-0.2, 0) is 19.2 Å². The highest BCUT2D eigenvalue weighted by molar-refractivity contribution is 5.91. The van der Waals surface area contributed by atoms with Gasteiger partial charge in [-0.25, -0.2) is 0 Å². The topological polar surface area (TPSA) is 163 Å². The summed E-state index contributed by atoms with van der Waals surface area (Å²) in [5.41, 5.74) is 7.24. The van der Waals surface area contributed by atoms with Gasteiger partial charge < -0.3 is 32.1 Å². The van der Waals surface area contributed by atoms with E-state index in [9.17, 15) is 19.2 Å². The first-order valence-electron chi connectivity index (χ1n) is 11.3. The number of rotatable bonds is 16. The molecule has 0 aromatic heterocycles. The van der Waals surface area contributed by atoms with E-state index in [0.29, 0.717) is 6.54 Å². The fraction of sp³-hybridized carbons (Fsp3) is 0.565. The van der Waals surface area contributed by atoms with E-state index < -0.39 is 23.8 Å². The number of nitrogens with one attached hydrogen (secondary N) is 4. The molecule has 7 N–H and O–H groups in total. The summed E-state index contributed by atoms with van der Waals surface area (Å²) >= 11 is 0. The number of unbranched alkanes of at least 4 members (excludes halogenated alkanes) is 1. The quantitative estimate of drug-likeness (QED) is 0.198. The van der Waals surface area contributed by atoms with Crippen molar-refractivity contribution in [2.75, 3.05) is 25.0 Å². The SMILES string of the molecule is Cc1ccccc1NCC(=O)NC(CCCC(=O)O)C(=O)NCC(=O)NC(C)CCCCN. The summed E-state index contributed by atoms with van der Waals surface area (Å²) in [6.07, 6.45) is 2.81. The maximum atomic E-state index is 12.6. The van der Waals surface area contributed by atoms with Gasteiger partial charge in [-0.05, 0) is 57.7 Å². The van der Waals surface area contributed by atoms with Gasteiger partial charge >= 0.3 is 5.97 Å². The van der Waals surface area contributed by atoms with Gasteiger partial charge in [-0.3, -0.25) is 19.2 Å². The van der Waals surface area contributed by atoms with Gasteiger partial charge in [0.15, 0.2) is 0 Å². The van der Waals surface area contributed by atoms with Crippen molar-refractivity contribution in [1.29, 1.82) is 0 Å². The molecular weight excluding hydrogens is 426 g/mol. The third-order valence-corrected chi connectivity index (χ3v) is 5.04. The van der Waals surface area contributed by atoms with Crippen molar-refractivity contribution in [2.24, 2.45) is 5.73 Å². The van der Waals surface area contributed by atoms with Gasteiger partial charge in [-0.15, -0.1) is 0 Å². The highest BCUT2D eigenvalue weighted by Gasteiger charge is 2.21. The molecule has 0 radical (unpaired) electrons. The zero-order valence-electron chi connectivity index (χ0n) is 19.5. The van der Waals surface area contributed by atoms with E-state index in [2.05, 4.69) is 21.3 Å². The maximum absolute atomic E-state index is 12.6. The molecule has 0 aliphatic carbocycles. The summed E-state index contributed by atoms with van der Waals surface area (Å²) in [7, 11) is 0. The van der Waals surface area contributed by atoms with Gasteiger partial charge in [-0.1, -0.05) is 24.6 Å². The van der Waals surface area contributed by atoms with Crippen molar-refractivity contribution in [3.63, 3.8) is 0 Å². The second-order valence-electron chi connectivity index (χ2n) is 8.05. The van der Waals surface area contributed by atoms with Crippen LogP contribution in [0.3, 0.4) is 0 Å². The van der Waals surface area contributed by atoms with Crippen molar-refractivity contribution in [3.05, 3.63) is 29.8 Å². The third kappa shape index (κ3) is 12.5. The molecule has 1 aromatic carbocycles. The Kier molecular flexibility index (Phi) is 13.2. The van der Waals surface area contributed by atoms with Crippen LogP contribution in [0.4, 0.5) is 5.69 Å². The van der Waals surface area contributed by atoms with Crippen LogP contribution in [0, 0.1) is 6.92 Å². The first-order valence-corrected chi connectivity index (χ1v) is 11.3. The lowest BCUT2D eigenvalue weighted by Crippen LogP contribution is -2.50. The minimum atomic E-state index is -0.982. The number of carbonyl (C=O) groups excluding carboxylic acids is 3. The summed E-state index contributed by atoms with van der Waals surface area (Å²) in [6.45, 7) is 4.12. The van der Waals surface area contributed by atoms with Gasteiger partial charge in [0, 0.05) is 18.2 Å². The van der Waals surface area contributed by atoms with Crippen LogP contribution in [0.25, 0.3) is 0 Å². The van der Waals surface area contributed by atoms with Crippen LogP contribution >= 0.6 is 0 Å². The zero-order chi connectivity index (χ0) is 24.6. The van der Waals surface area contributed by atoms with E-state index in [1.165, 1.54) is 0 Å². The Morgan fingerprint density at radius 1 is 0.970 bits per heavy atom. The molecule has 10 heteroatoms. The molecule has 0 saturated heterocycles. The summed E-state index contributed by atoms with van der Waals surface area (Å²) in [5.74, 6) is -2.26. The fourth-order valence-corrected chi connectivity index (χ4v) is 3.20. The Morgan fingerprint density at radius 3 is 2.33 bits per heavy atom. The van der Waals surface area contributed by atoms with E-state index in [1.807, 2.05) is 38.1 Å². The average molecular weight is 464 g/mol. The highest BCUT2D eigenvalue weighted by Crippen LogP contribution is 2.12. The number of hydrogen-bond donors (Lipinski definition) is 6. The molecule has 2 atom stereocenters. The molecule has 0 fully saturated rings. The van der Waals surface area contributed by atoms with Crippen LogP contribution in [0.5, 0.6) is 0 Å². The van der Waals surface area contributed by atoms with Crippen LogP contribution in [-0.4, -0.2) is 60.5 Å². The van der Waals surface area contributed by atoms with Gasteiger partial charge in [0.2, 0.25) is 17.7 Å². The van der Waals surface area contributed by atoms with Crippen molar-refractivity contribution < 1.29 is 24.3 Å². The first-order chi connectivity index (χ1) is 15.7. The lowest BCUT2D eigenvalue weighted by Gasteiger charge is -2.19. The van der Waals surface area contributed by atoms with Crippen LogP contribution in [0.1, 0.15) is 51.0 Å². The van der Waals surface area contributed by atoms with E-state index in [1.54, 1.807) is 0 Å². The number of aryl methyl sites for hydroxylation is 1. The molecule has 1 aromatic rings. The number of benzene rings is 1. The minimum Gasteiger partial charge on any atom is -0.481 e. The van der Waals surface area contributed by atoms with Crippen LogP contribution < -0.4 is 27.0 Å². The predicted molar refractivity (Wildman–Crippen MR) is 127 cm³/mol. The Labute approximate surface area is 195 Å². The lowest BCUT2D eigenvalue weighted by molar-refractivity contribution is -0.137. The lowest BCUT2D eigenvalue weighted by atomic mass is 10.1. The number of carbonyl (C=O) groups is 4.